The van der Waals surface area contributed by atoms with Crippen molar-refractivity contribution in [1.29, 1.82) is 5.26 Å². The van der Waals surface area contributed by atoms with Gasteiger partial charge in [-0.2, -0.15) is 16.6 Å². The van der Waals surface area contributed by atoms with E-state index in [1.165, 1.54) is 30.6 Å². The van der Waals surface area contributed by atoms with Crippen LogP contribution in [0, 0.1) is 17.1 Å². The Balaban J connectivity index is 2.29. The molecule has 0 fully saturated rings. The van der Waals surface area contributed by atoms with Crippen LogP contribution in [0.1, 0.15) is 5.69 Å². The average molecular weight is 300 g/mol. The third kappa shape index (κ3) is 2.26. The molecule has 0 aliphatic carbocycles. The van der Waals surface area contributed by atoms with Crippen LogP contribution in [0.2, 0.25) is 0 Å². The van der Waals surface area contributed by atoms with Crippen molar-refractivity contribution in [2.45, 2.75) is 0 Å². The summed E-state index contributed by atoms with van der Waals surface area (Å²) >= 11 is 1.51. The lowest BCUT2D eigenvalue weighted by Gasteiger charge is -2.12. The predicted molar refractivity (Wildman–Crippen MR) is 76.4 cm³/mol. The van der Waals surface area contributed by atoms with Crippen molar-refractivity contribution in [2.24, 2.45) is 0 Å². The Morgan fingerprint density at radius 2 is 2.19 bits per heavy atom. The van der Waals surface area contributed by atoms with Crippen molar-refractivity contribution in [3.63, 3.8) is 0 Å². The molecule has 0 atom stereocenters. The highest BCUT2D eigenvalue weighted by Gasteiger charge is 2.20. The second-order valence-electron chi connectivity index (χ2n) is 4.19. The summed E-state index contributed by atoms with van der Waals surface area (Å²) in [5.41, 5.74) is 2.28. The summed E-state index contributed by atoms with van der Waals surface area (Å²) in [7, 11) is 1.50. The summed E-state index contributed by atoms with van der Waals surface area (Å²) in [6.07, 6.45) is 0. The molecule has 0 spiro atoms. The van der Waals surface area contributed by atoms with E-state index in [0.29, 0.717) is 16.9 Å². The minimum atomic E-state index is -0.432. The van der Waals surface area contributed by atoms with Gasteiger partial charge in [-0.15, -0.1) is 5.10 Å². The van der Waals surface area contributed by atoms with E-state index in [0.717, 1.165) is 5.56 Å². The molecule has 0 aliphatic rings. The molecule has 3 rings (SSSR count). The highest BCUT2D eigenvalue weighted by atomic mass is 32.1. The fraction of sp³-hybridized carbons (Fsp3) is 0.0714. The maximum atomic E-state index is 14.0. The number of nitrogens with one attached hydrogen (secondary N) is 1. The van der Waals surface area contributed by atoms with Crippen LogP contribution in [0.25, 0.3) is 22.4 Å². The summed E-state index contributed by atoms with van der Waals surface area (Å²) in [5, 5.41) is 22.8. The van der Waals surface area contributed by atoms with Crippen molar-refractivity contribution in [1.82, 2.24) is 15.4 Å². The molecule has 1 aromatic carbocycles. The number of hydrogen-bond acceptors (Lipinski definition) is 5. The Hall–Kier alpha value is -2.72. The number of H-pyrrole nitrogens is 1. The van der Waals surface area contributed by atoms with Crippen LogP contribution in [-0.2, 0) is 0 Å². The molecule has 7 heteroatoms. The minimum Gasteiger partial charge on any atom is -0.495 e. The summed E-state index contributed by atoms with van der Waals surface area (Å²) in [5.74, 6) is 0.0269. The fourth-order valence-corrected chi connectivity index (χ4v) is 2.77. The van der Waals surface area contributed by atoms with Gasteiger partial charge in [0.15, 0.2) is 5.69 Å². The fourth-order valence-electron chi connectivity index (χ4n) is 2.12. The molecule has 0 bridgehead atoms. The standard InChI is InChI=1S/C14H9FN4OS/c1-20-14-10(8-2-3-21-7-8)4-9(15)5-11(14)13-12(6-16)17-19-18-13/h2-5,7H,1H3,(H,17,18,19). The van der Waals surface area contributed by atoms with Crippen LogP contribution >= 0.6 is 11.3 Å². The number of halogens is 1. The Kier molecular flexibility index (Phi) is 3.38. The number of nitriles is 1. The van der Waals surface area contributed by atoms with E-state index < -0.39 is 5.82 Å². The van der Waals surface area contributed by atoms with Gasteiger partial charge in [0.1, 0.15) is 23.3 Å². The summed E-state index contributed by atoms with van der Waals surface area (Å²) < 4.78 is 19.4. The molecule has 104 valence electrons. The third-order valence-corrected chi connectivity index (χ3v) is 3.69. The van der Waals surface area contributed by atoms with Crippen LogP contribution in [-0.4, -0.2) is 22.5 Å². The maximum Gasteiger partial charge on any atom is 0.163 e. The third-order valence-electron chi connectivity index (χ3n) is 3.01. The van der Waals surface area contributed by atoms with E-state index in [9.17, 15) is 4.39 Å². The second-order valence-corrected chi connectivity index (χ2v) is 4.97. The SMILES string of the molecule is COc1c(-c2ccsc2)cc(F)cc1-c1nn[nH]c1C#N. The number of aromatic amines is 1. The summed E-state index contributed by atoms with van der Waals surface area (Å²) in [6, 6.07) is 6.50. The Morgan fingerprint density at radius 3 is 2.86 bits per heavy atom. The van der Waals surface area contributed by atoms with E-state index in [1.54, 1.807) is 0 Å². The van der Waals surface area contributed by atoms with E-state index in [4.69, 9.17) is 10.00 Å². The molecule has 0 amide bonds. The lowest BCUT2D eigenvalue weighted by molar-refractivity contribution is 0.417. The van der Waals surface area contributed by atoms with Gasteiger partial charge in [0, 0.05) is 5.56 Å². The first kappa shape index (κ1) is 13.3. The number of thiophene rings is 1. The van der Waals surface area contributed by atoms with Crippen LogP contribution < -0.4 is 4.74 Å². The van der Waals surface area contributed by atoms with E-state index in [1.807, 2.05) is 22.9 Å². The van der Waals surface area contributed by atoms with Crippen molar-refractivity contribution >= 4 is 11.3 Å². The smallest absolute Gasteiger partial charge is 0.163 e. The molecule has 1 N–H and O–H groups in total. The van der Waals surface area contributed by atoms with E-state index in [2.05, 4.69) is 15.4 Å². The minimum absolute atomic E-state index is 0.162. The number of nitrogens with zero attached hydrogens (tertiary/aromatic N) is 3. The number of aromatic nitrogens is 3. The van der Waals surface area contributed by atoms with Gasteiger partial charge in [-0.25, -0.2) is 9.49 Å². The molecular weight excluding hydrogens is 291 g/mol. The highest BCUT2D eigenvalue weighted by molar-refractivity contribution is 7.08. The quantitative estimate of drug-likeness (QED) is 0.806. The average Bonchev–Trinajstić information content (AvgIpc) is 3.17. The van der Waals surface area contributed by atoms with Crippen molar-refractivity contribution in [2.75, 3.05) is 7.11 Å². The molecule has 21 heavy (non-hydrogen) atoms. The van der Waals surface area contributed by atoms with Crippen molar-refractivity contribution in [3.05, 3.63) is 40.5 Å². The zero-order valence-corrected chi connectivity index (χ0v) is 11.7. The molecule has 0 unspecified atom stereocenters. The number of hydrogen-bond donors (Lipinski definition) is 1. The van der Waals surface area contributed by atoms with Gasteiger partial charge in [-0.3, -0.25) is 0 Å². The second kappa shape index (κ2) is 5.34. The number of ether oxygens (including phenoxy) is 1. The lowest BCUT2D eigenvalue weighted by Crippen LogP contribution is -1.95. The monoisotopic (exact) mass is 300 g/mol. The number of methoxy groups -OCH3 is 1. The van der Waals surface area contributed by atoms with Crippen molar-refractivity contribution in [3.8, 4) is 34.2 Å². The van der Waals surface area contributed by atoms with Gasteiger partial charge >= 0.3 is 0 Å². The molecule has 2 heterocycles. The van der Waals surface area contributed by atoms with Gasteiger partial charge in [-0.1, -0.05) is 5.21 Å². The largest absolute Gasteiger partial charge is 0.495 e. The van der Waals surface area contributed by atoms with Gasteiger partial charge < -0.3 is 4.74 Å². The van der Waals surface area contributed by atoms with Gasteiger partial charge in [0.2, 0.25) is 0 Å². The molecule has 0 saturated heterocycles. The molecule has 0 saturated carbocycles. The Morgan fingerprint density at radius 1 is 1.38 bits per heavy atom. The Bertz CT molecular complexity index is 820. The predicted octanol–water partition coefficient (Wildman–Crippen LogP) is 3.22. The van der Waals surface area contributed by atoms with Crippen LogP contribution in [0.5, 0.6) is 5.75 Å². The number of rotatable bonds is 3. The van der Waals surface area contributed by atoms with Crippen molar-refractivity contribution < 1.29 is 9.13 Å². The lowest BCUT2D eigenvalue weighted by atomic mass is 10.0. The zero-order valence-electron chi connectivity index (χ0n) is 10.9. The normalized spacial score (nSPS) is 10.3. The van der Waals surface area contributed by atoms with Crippen LogP contribution in [0.3, 0.4) is 0 Å². The molecule has 3 aromatic rings. The molecule has 5 nitrogen and oxygen atoms in total. The van der Waals surface area contributed by atoms with Crippen LogP contribution in [0.4, 0.5) is 4.39 Å². The molecule has 0 aliphatic heterocycles. The Labute approximate surface area is 123 Å². The van der Waals surface area contributed by atoms with Gasteiger partial charge in [-0.05, 0) is 34.5 Å². The van der Waals surface area contributed by atoms with E-state index in [-0.39, 0.29) is 11.4 Å². The first-order valence-electron chi connectivity index (χ1n) is 5.96. The molecular formula is C14H9FN4OS. The first-order valence-corrected chi connectivity index (χ1v) is 6.90. The highest BCUT2D eigenvalue weighted by Crippen LogP contribution is 2.40. The summed E-state index contributed by atoms with van der Waals surface area (Å²) in [4.78, 5) is 0. The molecule has 0 radical (unpaired) electrons. The first-order chi connectivity index (χ1) is 10.2. The number of benzene rings is 1. The summed E-state index contributed by atoms with van der Waals surface area (Å²) in [6.45, 7) is 0. The molecule has 2 aromatic heterocycles. The maximum absolute atomic E-state index is 14.0. The van der Waals surface area contributed by atoms with Gasteiger partial charge in [0.05, 0.1) is 12.7 Å². The van der Waals surface area contributed by atoms with E-state index >= 15 is 0 Å². The zero-order chi connectivity index (χ0) is 14.8. The van der Waals surface area contributed by atoms with Crippen LogP contribution in [0.15, 0.2) is 29.0 Å². The van der Waals surface area contributed by atoms with Gasteiger partial charge in [0.25, 0.3) is 0 Å². The topological polar surface area (TPSA) is 74.6 Å².